The van der Waals surface area contributed by atoms with Gasteiger partial charge in [-0.05, 0) is 36.4 Å². The first kappa shape index (κ1) is 10.8. The summed E-state index contributed by atoms with van der Waals surface area (Å²) in [7, 11) is 0. The van der Waals surface area contributed by atoms with E-state index in [0.29, 0.717) is 12.0 Å². The number of benzene rings is 1. The molecule has 0 unspecified atom stereocenters. The Morgan fingerprint density at radius 1 is 1.00 bits per heavy atom. The predicted octanol–water partition coefficient (Wildman–Crippen LogP) is 2.19. The Morgan fingerprint density at radius 3 is 1.80 bits per heavy atom. The molecular formula is C11H10O4. The van der Waals surface area contributed by atoms with Crippen LogP contribution >= 0.6 is 0 Å². The Balaban J connectivity index is 0.000000151. The number of phenols is 2. The van der Waals surface area contributed by atoms with Gasteiger partial charge in [-0.2, -0.15) is 0 Å². The number of furan rings is 1. The van der Waals surface area contributed by atoms with Gasteiger partial charge in [0.1, 0.15) is 11.5 Å². The van der Waals surface area contributed by atoms with Crippen molar-refractivity contribution in [3.63, 3.8) is 0 Å². The molecule has 0 aliphatic heterocycles. The van der Waals surface area contributed by atoms with Gasteiger partial charge in [0.15, 0.2) is 12.0 Å². The molecular weight excluding hydrogens is 196 g/mol. The molecule has 0 aliphatic rings. The number of aldehydes is 1. The van der Waals surface area contributed by atoms with Crippen molar-refractivity contribution in [3.05, 3.63) is 48.4 Å². The average Bonchev–Trinajstić information content (AvgIpc) is 2.76. The first-order valence-electron chi connectivity index (χ1n) is 4.19. The van der Waals surface area contributed by atoms with Crippen LogP contribution in [0, 0.1) is 0 Å². The minimum Gasteiger partial charge on any atom is -0.508 e. The number of rotatable bonds is 1. The van der Waals surface area contributed by atoms with Gasteiger partial charge in [-0.1, -0.05) is 0 Å². The molecule has 0 fully saturated rings. The summed E-state index contributed by atoms with van der Waals surface area (Å²) >= 11 is 0. The summed E-state index contributed by atoms with van der Waals surface area (Å²) in [5.41, 5.74) is 0. The molecule has 0 bridgehead atoms. The standard InChI is InChI=1S/C6H6O2.C5H4O2/c7-5-1-2-6(8)4-3-5;6-4-5-2-1-3-7-5/h1-4,7-8H;1-4H. The minimum atomic E-state index is 0.169. The number of carbonyl (C=O) groups is 1. The van der Waals surface area contributed by atoms with Crippen molar-refractivity contribution in [1.29, 1.82) is 0 Å². The highest BCUT2D eigenvalue weighted by Gasteiger charge is 1.85. The molecule has 0 atom stereocenters. The fourth-order valence-electron chi connectivity index (χ4n) is 0.811. The molecule has 4 nitrogen and oxygen atoms in total. The summed E-state index contributed by atoms with van der Waals surface area (Å²) in [6, 6.07) is 8.98. The molecule has 0 saturated heterocycles. The molecule has 4 heteroatoms. The van der Waals surface area contributed by atoms with E-state index < -0.39 is 0 Å². The zero-order valence-electron chi connectivity index (χ0n) is 7.83. The van der Waals surface area contributed by atoms with Gasteiger partial charge in [0.2, 0.25) is 0 Å². The van der Waals surface area contributed by atoms with Gasteiger partial charge in [-0.15, -0.1) is 0 Å². The first-order valence-corrected chi connectivity index (χ1v) is 4.19. The maximum Gasteiger partial charge on any atom is 0.185 e. The highest BCUT2D eigenvalue weighted by molar-refractivity contribution is 5.69. The topological polar surface area (TPSA) is 70.7 Å². The molecule has 2 N–H and O–H groups in total. The molecule has 1 aromatic heterocycles. The van der Waals surface area contributed by atoms with Crippen molar-refractivity contribution >= 4 is 6.29 Å². The summed E-state index contributed by atoms with van der Waals surface area (Å²) in [4.78, 5) is 9.77. The van der Waals surface area contributed by atoms with Crippen LogP contribution in [0.2, 0.25) is 0 Å². The van der Waals surface area contributed by atoms with E-state index in [1.165, 1.54) is 30.5 Å². The van der Waals surface area contributed by atoms with E-state index in [1.807, 2.05) is 0 Å². The van der Waals surface area contributed by atoms with Crippen LogP contribution in [-0.2, 0) is 0 Å². The Hall–Kier alpha value is -2.23. The van der Waals surface area contributed by atoms with Gasteiger partial charge in [0.25, 0.3) is 0 Å². The lowest BCUT2D eigenvalue weighted by molar-refractivity contribution is 0.110. The van der Waals surface area contributed by atoms with Crippen molar-refractivity contribution < 1.29 is 19.4 Å². The predicted molar refractivity (Wildman–Crippen MR) is 53.9 cm³/mol. The third-order valence-electron chi connectivity index (χ3n) is 1.51. The molecule has 0 radical (unpaired) electrons. The number of carbonyl (C=O) groups excluding carboxylic acids is 1. The average molecular weight is 206 g/mol. The van der Waals surface area contributed by atoms with Crippen molar-refractivity contribution in [2.75, 3.05) is 0 Å². The van der Waals surface area contributed by atoms with Crippen LogP contribution in [0.1, 0.15) is 10.6 Å². The van der Waals surface area contributed by atoms with Crippen molar-refractivity contribution in [3.8, 4) is 11.5 Å². The van der Waals surface area contributed by atoms with E-state index in [9.17, 15) is 4.79 Å². The number of hydrogen-bond donors (Lipinski definition) is 2. The molecule has 2 rings (SSSR count). The van der Waals surface area contributed by atoms with Crippen molar-refractivity contribution in [2.45, 2.75) is 0 Å². The van der Waals surface area contributed by atoms with Crippen LogP contribution in [0.15, 0.2) is 47.1 Å². The van der Waals surface area contributed by atoms with E-state index in [1.54, 1.807) is 12.1 Å². The maximum absolute atomic E-state index is 9.77. The summed E-state index contributed by atoms with van der Waals surface area (Å²) in [6.07, 6.45) is 2.13. The quantitative estimate of drug-likeness (QED) is 0.554. The summed E-state index contributed by atoms with van der Waals surface area (Å²) in [6.45, 7) is 0. The zero-order valence-corrected chi connectivity index (χ0v) is 7.83. The van der Waals surface area contributed by atoms with Crippen LogP contribution in [0.25, 0.3) is 0 Å². The van der Waals surface area contributed by atoms with Crippen LogP contribution < -0.4 is 0 Å². The lowest BCUT2D eigenvalue weighted by Gasteiger charge is -1.88. The summed E-state index contributed by atoms with van der Waals surface area (Å²) < 4.78 is 4.61. The molecule has 0 saturated carbocycles. The fourth-order valence-corrected chi connectivity index (χ4v) is 0.811. The van der Waals surface area contributed by atoms with E-state index in [2.05, 4.69) is 4.42 Å². The largest absolute Gasteiger partial charge is 0.508 e. The number of hydrogen-bond acceptors (Lipinski definition) is 4. The van der Waals surface area contributed by atoms with E-state index in [0.717, 1.165) is 0 Å². The maximum atomic E-state index is 9.77. The van der Waals surface area contributed by atoms with Gasteiger partial charge >= 0.3 is 0 Å². The molecule has 0 amide bonds. The second-order valence-corrected chi connectivity index (χ2v) is 2.65. The van der Waals surface area contributed by atoms with Crippen molar-refractivity contribution in [1.82, 2.24) is 0 Å². The highest BCUT2D eigenvalue weighted by atomic mass is 16.3. The fraction of sp³-hybridized carbons (Fsp3) is 0. The molecule has 2 aromatic rings. The third kappa shape index (κ3) is 3.99. The first-order chi connectivity index (χ1) is 7.22. The normalized spacial score (nSPS) is 8.80. The Bertz CT molecular complexity index is 368. The molecule has 0 aliphatic carbocycles. The van der Waals surface area contributed by atoms with Crippen LogP contribution in [0.4, 0.5) is 0 Å². The second kappa shape index (κ2) is 5.49. The third-order valence-corrected chi connectivity index (χ3v) is 1.51. The smallest absolute Gasteiger partial charge is 0.185 e. The zero-order chi connectivity index (χ0) is 11.1. The SMILES string of the molecule is O=Cc1ccco1.Oc1ccc(O)cc1. The Labute approximate surface area is 86.4 Å². The Morgan fingerprint density at radius 2 is 1.53 bits per heavy atom. The van der Waals surface area contributed by atoms with Crippen LogP contribution in [0.3, 0.4) is 0 Å². The highest BCUT2D eigenvalue weighted by Crippen LogP contribution is 2.13. The Kier molecular flexibility index (Phi) is 3.97. The molecule has 1 heterocycles. The van der Waals surface area contributed by atoms with Gasteiger partial charge < -0.3 is 14.6 Å². The van der Waals surface area contributed by atoms with Crippen LogP contribution in [-0.4, -0.2) is 16.5 Å². The summed E-state index contributed by atoms with van der Waals surface area (Å²) in [5, 5.41) is 17.3. The molecule has 78 valence electrons. The number of phenolic OH excluding ortho intramolecular Hbond substituents is 2. The van der Waals surface area contributed by atoms with E-state index in [4.69, 9.17) is 10.2 Å². The van der Waals surface area contributed by atoms with Gasteiger partial charge in [0.05, 0.1) is 6.26 Å². The van der Waals surface area contributed by atoms with Gasteiger partial charge in [0, 0.05) is 0 Å². The lowest BCUT2D eigenvalue weighted by Crippen LogP contribution is -1.65. The van der Waals surface area contributed by atoms with Crippen LogP contribution in [0.5, 0.6) is 11.5 Å². The summed E-state index contributed by atoms with van der Waals surface area (Å²) in [5.74, 6) is 0.714. The minimum absolute atomic E-state index is 0.169. The number of aromatic hydroxyl groups is 2. The molecule has 0 spiro atoms. The second-order valence-electron chi connectivity index (χ2n) is 2.65. The monoisotopic (exact) mass is 206 g/mol. The van der Waals surface area contributed by atoms with Gasteiger partial charge in [-0.25, -0.2) is 0 Å². The van der Waals surface area contributed by atoms with Gasteiger partial charge in [-0.3, -0.25) is 4.79 Å². The van der Waals surface area contributed by atoms with Crippen molar-refractivity contribution in [2.24, 2.45) is 0 Å². The van der Waals surface area contributed by atoms with E-state index in [-0.39, 0.29) is 11.5 Å². The van der Waals surface area contributed by atoms with E-state index >= 15 is 0 Å². The lowest BCUT2D eigenvalue weighted by atomic mass is 10.3. The molecule has 1 aromatic carbocycles. The molecule has 15 heavy (non-hydrogen) atoms.